The maximum absolute atomic E-state index is 12.0. The zero-order chi connectivity index (χ0) is 12.8. The zero-order valence-corrected chi connectivity index (χ0v) is 10.2. The van der Waals surface area contributed by atoms with Crippen molar-refractivity contribution in [2.45, 2.75) is 6.92 Å². The smallest absolute Gasteiger partial charge is 0.255 e. The van der Waals surface area contributed by atoms with Gasteiger partial charge in [-0.15, -0.1) is 0 Å². The Morgan fingerprint density at radius 2 is 2.00 bits per heavy atom. The van der Waals surface area contributed by atoms with Crippen LogP contribution in [0.5, 0.6) is 0 Å². The minimum Gasteiger partial charge on any atom is -0.370 e. The summed E-state index contributed by atoms with van der Waals surface area (Å²) in [6.45, 7) is 2.76. The Labute approximate surface area is 106 Å². The molecule has 0 radical (unpaired) electrons. The number of carbonyl (C=O) groups is 1. The van der Waals surface area contributed by atoms with Crippen molar-refractivity contribution in [3.05, 3.63) is 54.2 Å². The molecular weight excluding hydrogens is 226 g/mol. The van der Waals surface area contributed by atoms with Gasteiger partial charge in [0.05, 0.1) is 0 Å². The molecular formula is C14H15N3O. The summed E-state index contributed by atoms with van der Waals surface area (Å²) in [6, 6.07) is 12.8. The molecule has 1 aromatic carbocycles. The van der Waals surface area contributed by atoms with Gasteiger partial charge in [-0.3, -0.25) is 4.79 Å². The van der Waals surface area contributed by atoms with E-state index in [-0.39, 0.29) is 5.91 Å². The van der Waals surface area contributed by atoms with Crippen molar-refractivity contribution in [2.75, 3.05) is 17.2 Å². The highest BCUT2D eigenvalue weighted by Gasteiger charge is 2.06. The summed E-state index contributed by atoms with van der Waals surface area (Å²) in [4.78, 5) is 16.1. The summed E-state index contributed by atoms with van der Waals surface area (Å²) in [6.07, 6.45) is 1.62. The first-order valence-electron chi connectivity index (χ1n) is 5.86. The standard InChI is InChI=1S/C14H15N3O/c1-2-15-13-10-11(8-9-16-13)14(18)17-12-6-4-3-5-7-12/h3-10H,2H2,1H3,(H,15,16)(H,17,18). The Kier molecular flexibility index (Phi) is 3.91. The molecule has 0 unspecified atom stereocenters. The number of amides is 1. The summed E-state index contributed by atoms with van der Waals surface area (Å²) in [7, 11) is 0. The van der Waals surface area contributed by atoms with Crippen LogP contribution >= 0.6 is 0 Å². The van der Waals surface area contributed by atoms with E-state index in [0.717, 1.165) is 12.2 Å². The van der Waals surface area contributed by atoms with Gasteiger partial charge in [-0.1, -0.05) is 18.2 Å². The van der Waals surface area contributed by atoms with Gasteiger partial charge >= 0.3 is 0 Å². The number of para-hydroxylation sites is 1. The molecule has 1 heterocycles. The fourth-order valence-electron chi connectivity index (χ4n) is 1.57. The molecule has 0 saturated carbocycles. The normalized spacial score (nSPS) is 9.83. The van der Waals surface area contributed by atoms with Crippen LogP contribution in [-0.4, -0.2) is 17.4 Å². The minimum atomic E-state index is -0.136. The SMILES string of the molecule is CCNc1cc(C(=O)Nc2ccccc2)ccn1. The highest BCUT2D eigenvalue weighted by atomic mass is 16.1. The second kappa shape index (κ2) is 5.82. The number of nitrogens with one attached hydrogen (secondary N) is 2. The third kappa shape index (κ3) is 3.07. The topological polar surface area (TPSA) is 54.0 Å². The number of benzene rings is 1. The Hall–Kier alpha value is -2.36. The monoisotopic (exact) mass is 241 g/mol. The third-order valence-corrected chi connectivity index (χ3v) is 2.41. The number of aromatic nitrogens is 1. The Morgan fingerprint density at radius 1 is 1.22 bits per heavy atom. The molecule has 0 aliphatic heterocycles. The summed E-state index contributed by atoms with van der Waals surface area (Å²) in [5.74, 6) is 0.570. The van der Waals surface area contributed by atoms with E-state index in [2.05, 4.69) is 15.6 Å². The van der Waals surface area contributed by atoms with E-state index in [1.807, 2.05) is 37.3 Å². The first-order valence-corrected chi connectivity index (χ1v) is 5.86. The van der Waals surface area contributed by atoms with Crippen LogP contribution in [0.1, 0.15) is 17.3 Å². The summed E-state index contributed by atoms with van der Waals surface area (Å²) in [5, 5.41) is 5.91. The van der Waals surface area contributed by atoms with Crippen molar-refractivity contribution in [3.63, 3.8) is 0 Å². The van der Waals surface area contributed by atoms with Crippen LogP contribution in [0, 0.1) is 0 Å². The average molecular weight is 241 g/mol. The molecule has 1 aromatic heterocycles. The maximum atomic E-state index is 12.0. The van der Waals surface area contributed by atoms with Gasteiger partial charge in [-0.25, -0.2) is 4.98 Å². The fourth-order valence-corrected chi connectivity index (χ4v) is 1.57. The van der Waals surface area contributed by atoms with Gasteiger partial charge in [-0.05, 0) is 31.2 Å². The number of carbonyl (C=O) groups excluding carboxylic acids is 1. The fraction of sp³-hybridized carbons (Fsp3) is 0.143. The molecule has 0 fully saturated rings. The van der Waals surface area contributed by atoms with Crippen molar-refractivity contribution in [1.29, 1.82) is 0 Å². The van der Waals surface area contributed by atoms with Gasteiger partial charge in [0, 0.05) is 24.0 Å². The molecule has 2 aromatic rings. The second-order valence-corrected chi connectivity index (χ2v) is 3.78. The largest absolute Gasteiger partial charge is 0.370 e. The molecule has 0 saturated heterocycles. The molecule has 0 bridgehead atoms. The molecule has 2 rings (SSSR count). The number of hydrogen-bond donors (Lipinski definition) is 2. The lowest BCUT2D eigenvalue weighted by Gasteiger charge is -2.06. The molecule has 1 amide bonds. The molecule has 0 aliphatic rings. The molecule has 4 heteroatoms. The van der Waals surface area contributed by atoms with E-state index in [0.29, 0.717) is 11.4 Å². The van der Waals surface area contributed by atoms with Crippen LogP contribution in [-0.2, 0) is 0 Å². The summed E-state index contributed by atoms with van der Waals surface area (Å²) < 4.78 is 0. The van der Waals surface area contributed by atoms with E-state index >= 15 is 0 Å². The number of rotatable bonds is 4. The van der Waals surface area contributed by atoms with Crippen LogP contribution in [0.15, 0.2) is 48.7 Å². The lowest BCUT2D eigenvalue weighted by Crippen LogP contribution is -2.12. The lowest BCUT2D eigenvalue weighted by molar-refractivity contribution is 0.102. The maximum Gasteiger partial charge on any atom is 0.255 e. The van der Waals surface area contributed by atoms with Gasteiger partial charge in [0.25, 0.3) is 5.91 Å². The molecule has 2 N–H and O–H groups in total. The van der Waals surface area contributed by atoms with E-state index in [1.54, 1.807) is 18.3 Å². The minimum absolute atomic E-state index is 0.136. The first kappa shape index (κ1) is 12.1. The Morgan fingerprint density at radius 3 is 2.72 bits per heavy atom. The number of anilines is 2. The average Bonchev–Trinajstić information content (AvgIpc) is 2.40. The van der Waals surface area contributed by atoms with Crippen LogP contribution in [0.2, 0.25) is 0 Å². The van der Waals surface area contributed by atoms with E-state index in [4.69, 9.17) is 0 Å². The van der Waals surface area contributed by atoms with Crippen molar-refractivity contribution in [1.82, 2.24) is 4.98 Å². The molecule has 0 spiro atoms. The van der Waals surface area contributed by atoms with Crippen LogP contribution < -0.4 is 10.6 Å². The molecule has 4 nitrogen and oxygen atoms in total. The van der Waals surface area contributed by atoms with Gasteiger partial charge in [0.2, 0.25) is 0 Å². The molecule has 18 heavy (non-hydrogen) atoms. The molecule has 0 atom stereocenters. The predicted octanol–water partition coefficient (Wildman–Crippen LogP) is 2.77. The van der Waals surface area contributed by atoms with Crippen molar-refractivity contribution < 1.29 is 4.79 Å². The quantitative estimate of drug-likeness (QED) is 0.865. The Balaban J connectivity index is 2.11. The van der Waals surface area contributed by atoms with E-state index < -0.39 is 0 Å². The van der Waals surface area contributed by atoms with Crippen LogP contribution in [0.25, 0.3) is 0 Å². The summed E-state index contributed by atoms with van der Waals surface area (Å²) in [5.41, 5.74) is 1.37. The van der Waals surface area contributed by atoms with E-state index in [9.17, 15) is 4.79 Å². The highest BCUT2D eigenvalue weighted by molar-refractivity contribution is 6.04. The van der Waals surface area contributed by atoms with Crippen molar-refractivity contribution >= 4 is 17.4 Å². The van der Waals surface area contributed by atoms with Gasteiger partial charge in [0.15, 0.2) is 0 Å². The van der Waals surface area contributed by atoms with Crippen molar-refractivity contribution in [3.8, 4) is 0 Å². The van der Waals surface area contributed by atoms with Gasteiger partial charge in [0.1, 0.15) is 5.82 Å². The van der Waals surface area contributed by atoms with Gasteiger partial charge < -0.3 is 10.6 Å². The highest BCUT2D eigenvalue weighted by Crippen LogP contribution is 2.11. The third-order valence-electron chi connectivity index (χ3n) is 2.41. The van der Waals surface area contributed by atoms with Crippen LogP contribution in [0.4, 0.5) is 11.5 Å². The number of hydrogen-bond acceptors (Lipinski definition) is 3. The predicted molar refractivity (Wildman–Crippen MR) is 72.8 cm³/mol. The van der Waals surface area contributed by atoms with Crippen molar-refractivity contribution in [2.24, 2.45) is 0 Å². The number of nitrogens with zero attached hydrogens (tertiary/aromatic N) is 1. The number of pyridine rings is 1. The zero-order valence-electron chi connectivity index (χ0n) is 10.2. The first-order chi connectivity index (χ1) is 8.79. The molecule has 0 aliphatic carbocycles. The summed E-state index contributed by atoms with van der Waals surface area (Å²) >= 11 is 0. The Bertz CT molecular complexity index is 526. The van der Waals surface area contributed by atoms with Gasteiger partial charge in [-0.2, -0.15) is 0 Å². The second-order valence-electron chi connectivity index (χ2n) is 3.78. The molecule has 92 valence electrons. The van der Waals surface area contributed by atoms with Crippen LogP contribution in [0.3, 0.4) is 0 Å². The van der Waals surface area contributed by atoms with E-state index in [1.165, 1.54) is 0 Å². The lowest BCUT2D eigenvalue weighted by atomic mass is 10.2.